The van der Waals surface area contributed by atoms with Gasteiger partial charge in [-0.3, -0.25) is 4.68 Å². The van der Waals surface area contributed by atoms with Gasteiger partial charge in [-0.25, -0.2) is 0 Å². The summed E-state index contributed by atoms with van der Waals surface area (Å²) < 4.78 is 3.20. The molecule has 108 valence electrons. The molecule has 0 saturated heterocycles. The maximum atomic E-state index is 4.62. The maximum Gasteiger partial charge on any atom is 0.0767 e. The molecule has 1 aromatic heterocycles. The lowest BCUT2D eigenvalue weighted by Gasteiger charge is -2.10. The van der Waals surface area contributed by atoms with Crippen LogP contribution in [-0.4, -0.2) is 9.78 Å². The highest BCUT2D eigenvalue weighted by Gasteiger charge is 2.13. The summed E-state index contributed by atoms with van der Waals surface area (Å²) in [6, 6.07) is 6.47. The SMILES string of the molecule is CCc1nn(CC)c(CNc2ccc(C)c(C)c2)c1Br. The van der Waals surface area contributed by atoms with Crippen LogP contribution in [0.4, 0.5) is 5.69 Å². The van der Waals surface area contributed by atoms with Crippen molar-refractivity contribution in [3.63, 3.8) is 0 Å². The number of hydrogen-bond acceptors (Lipinski definition) is 2. The molecule has 1 aromatic carbocycles. The van der Waals surface area contributed by atoms with Crippen molar-refractivity contribution in [2.45, 2.75) is 47.2 Å². The number of rotatable bonds is 5. The lowest BCUT2D eigenvalue weighted by atomic mass is 10.1. The predicted molar refractivity (Wildman–Crippen MR) is 88.2 cm³/mol. The molecule has 3 nitrogen and oxygen atoms in total. The van der Waals surface area contributed by atoms with Gasteiger partial charge in [-0.2, -0.15) is 5.10 Å². The lowest BCUT2D eigenvalue weighted by Crippen LogP contribution is -2.08. The zero-order valence-electron chi connectivity index (χ0n) is 12.6. The monoisotopic (exact) mass is 335 g/mol. The first kappa shape index (κ1) is 15.1. The molecule has 0 spiro atoms. The second kappa shape index (κ2) is 6.44. The Hall–Kier alpha value is -1.29. The number of nitrogens with zero attached hydrogens (tertiary/aromatic N) is 2. The van der Waals surface area contributed by atoms with Gasteiger partial charge < -0.3 is 5.32 Å². The van der Waals surface area contributed by atoms with Gasteiger partial charge in [0.1, 0.15) is 0 Å². The quantitative estimate of drug-likeness (QED) is 0.874. The van der Waals surface area contributed by atoms with Crippen molar-refractivity contribution in [1.29, 1.82) is 0 Å². The maximum absolute atomic E-state index is 4.62. The molecule has 1 N–H and O–H groups in total. The summed E-state index contributed by atoms with van der Waals surface area (Å²) >= 11 is 3.68. The molecule has 0 bridgehead atoms. The van der Waals surface area contributed by atoms with Crippen LogP contribution in [0.2, 0.25) is 0 Å². The Labute approximate surface area is 129 Å². The molecule has 2 aromatic rings. The summed E-state index contributed by atoms with van der Waals surface area (Å²) in [7, 11) is 0. The Bertz CT molecular complexity index is 602. The molecular weight excluding hydrogens is 314 g/mol. The largest absolute Gasteiger partial charge is 0.379 e. The Morgan fingerprint density at radius 1 is 1.20 bits per heavy atom. The third-order valence-electron chi connectivity index (χ3n) is 3.66. The standard InChI is InChI=1S/C16H22BrN3/c1-5-14-16(17)15(20(6-2)19-14)10-18-13-8-7-11(3)12(4)9-13/h7-9,18H,5-6,10H2,1-4H3. The van der Waals surface area contributed by atoms with Gasteiger partial charge in [0.15, 0.2) is 0 Å². The van der Waals surface area contributed by atoms with E-state index in [4.69, 9.17) is 0 Å². The smallest absolute Gasteiger partial charge is 0.0767 e. The molecule has 20 heavy (non-hydrogen) atoms. The van der Waals surface area contributed by atoms with Crippen LogP contribution in [0.3, 0.4) is 0 Å². The first-order chi connectivity index (χ1) is 9.56. The zero-order chi connectivity index (χ0) is 14.7. The van der Waals surface area contributed by atoms with E-state index < -0.39 is 0 Å². The van der Waals surface area contributed by atoms with Crippen LogP contribution in [0, 0.1) is 13.8 Å². The minimum atomic E-state index is 0.782. The van der Waals surface area contributed by atoms with Crippen LogP contribution in [-0.2, 0) is 19.5 Å². The molecule has 0 saturated carbocycles. The Morgan fingerprint density at radius 3 is 2.55 bits per heavy atom. The molecule has 0 aliphatic heterocycles. The fraction of sp³-hybridized carbons (Fsp3) is 0.438. The minimum absolute atomic E-state index is 0.782. The van der Waals surface area contributed by atoms with E-state index >= 15 is 0 Å². The molecule has 0 atom stereocenters. The number of anilines is 1. The minimum Gasteiger partial charge on any atom is -0.379 e. The van der Waals surface area contributed by atoms with Gasteiger partial charge in [-0.1, -0.05) is 13.0 Å². The topological polar surface area (TPSA) is 29.9 Å². The number of halogens is 1. The van der Waals surface area contributed by atoms with Crippen molar-refractivity contribution in [3.05, 3.63) is 45.2 Å². The van der Waals surface area contributed by atoms with Crippen molar-refractivity contribution in [2.75, 3.05) is 5.32 Å². The molecule has 1 heterocycles. The highest BCUT2D eigenvalue weighted by atomic mass is 79.9. The number of benzene rings is 1. The molecule has 0 aliphatic rings. The molecule has 0 amide bonds. The second-order valence-electron chi connectivity index (χ2n) is 5.03. The van der Waals surface area contributed by atoms with Gasteiger partial charge in [-0.05, 0) is 66.4 Å². The summed E-state index contributed by atoms with van der Waals surface area (Å²) in [5, 5.41) is 8.11. The van der Waals surface area contributed by atoms with E-state index in [-0.39, 0.29) is 0 Å². The zero-order valence-corrected chi connectivity index (χ0v) is 14.2. The first-order valence-corrected chi connectivity index (χ1v) is 7.91. The number of nitrogens with one attached hydrogen (secondary N) is 1. The van der Waals surface area contributed by atoms with Crippen molar-refractivity contribution in [2.24, 2.45) is 0 Å². The number of hydrogen-bond donors (Lipinski definition) is 1. The Morgan fingerprint density at radius 2 is 1.95 bits per heavy atom. The van der Waals surface area contributed by atoms with E-state index in [9.17, 15) is 0 Å². The van der Waals surface area contributed by atoms with Gasteiger partial charge in [0.25, 0.3) is 0 Å². The van der Waals surface area contributed by atoms with Crippen molar-refractivity contribution >= 4 is 21.6 Å². The average molecular weight is 336 g/mol. The summed E-state index contributed by atoms with van der Waals surface area (Å²) in [6.07, 6.45) is 0.949. The van der Waals surface area contributed by atoms with Gasteiger partial charge in [-0.15, -0.1) is 0 Å². The highest BCUT2D eigenvalue weighted by Crippen LogP contribution is 2.23. The fourth-order valence-electron chi connectivity index (χ4n) is 2.22. The normalized spacial score (nSPS) is 10.8. The molecule has 0 radical (unpaired) electrons. The number of aromatic nitrogens is 2. The van der Waals surface area contributed by atoms with E-state index in [1.807, 2.05) is 0 Å². The second-order valence-corrected chi connectivity index (χ2v) is 5.82. The summed E-state index contributed by atoms with van der Waals surface area (Å²) in [5.41, 5.74) is 6.13. The Balaban J connectivity index is 2.17. The van der Waals surface area contributed by atoms with E-state index in [1.54, 1.807) is 0 Å². The predicted octanol–water partition coefficient (Wildman–Crippen LogP) is 4.46. The van der Waals surface area contributed by atoms with Crippen LogP contribution in [0.15, 0.2) is 22.7 Å². The third-order valence-corrected chi connectivity index (χ3v) is 4.58. The van der Waals surface area contributed by atoms with Gasteiger partial charge in [0.05, 0.1) is 22.4 Å². The highest BCUT2D eigenvalue weighted by molar-refractivity contribution is 9.10. The average Bonchev–Trinajstić information content (AvgIpc) is 2.76. The van der Waals surface area contributed by atoms with E-state index in [0.717, 1.165) is 35.4 Å². The molecular formula is C16H22BrN3. The van der Waals surface area contributed by atoms with Crippen molar-refractivity contribution in [3.8, 4) is 0 Å². The van der Waals surface area contributed by atoms with Gasteiger partial charge in [0.2, 0.25) is 0 Å². The van der Waals surface area contributed by atoms with Gasteiger partial charge in [0, 0.05) is 12.2 Å². The number of aryl methyl sites for hydroxylation is 4. The van der Waals surface area contributed by atoms with E-state index in [0.29, 0.717) is 0 Å². The van der Waals surface area contributed by atoms with Crippen molar-refractivity contribution in [1.82, 2.24) is 9.78 Å². The van der Waals surface area contributed by atoms with Crippen LogP contribution in [0.25, 0.3) is 0 Å². The fourth-order valence-corrected chi connectivity index (χ4v) is 2.93. The summed E-state index contributed by atoms with van der Waals surface area (Å²) in [6.45, 7) is 10.2. The molecule has 2 rings (SSSR count). The molecule has 0 fully saturated rings. The van der Waals surface area contributed by atoms with Gasteiger partial charge >= 0.3 is 0 Å². The van der Waals surface area contributed by atoms with E-state index in [1.165, 1.54) is 16.8 Å². The summed E-state index contributed by atoms with van der Waals surface area (Å²) in [4.78, 5) is 0. The van der Waals surface area contributed by atoms with Crippen LogP contribution >= 0.6 is 15.9 Å². The summed E-state index contributed by atoms with van der Waals surface area (Å²) in [5.74, 6) is 0. The molecule has 0 unspecified atom stereocenters. The van der Waals surface area contributed by atoms with Crippen LogP contribution in [0.1, 0.15) is 36.4 Å². The molecule has 0 aliphatic carbocycles. The van der Waals surface area contributed by atoms with Crippen LogP contribution in [0.5, 0.6) is 0 Å². The molecule has 4 heteroatoms. The lowest BCUT2D eigenvalue weighted by molar-refractivity contribution is 0.619. The van der Waals surface area contributed by atoms with Crippen LogP contribution < -0.4 is 5.32 Å². The third kappa shape index (κ3) is 3.06. The Kier molecular flexibility index (Phi) is 4.86. The van der Waals surface area contributed by atoms with E-state index in [2.05, 4.69) is 76.9 Å². The first-order valence-electron chi connectivity index (χ1n) is 7.12. The van der Waals surface area contributed by atoms with Crippen molar-refractivity contribution < 1.29 is 0 Å².